The van der Waals surface area contributed by atoms with Gasteiger partial charge in [-0.25, -0.2) is 0 Å². The van der Waals surface area contributed by atoms with Crippen molar-refractivity contribution in [3.05, 3.63) is 59.4 Å². The maximum atomic E-state index is 12.0. The minimum absolute atomic E-state index is 0.301. The van der Waals surface area contributed by atoms with Crippen LogP contribution in [0.2, 0.25) is 5.02 Å². The van der Waals surface area contributed by atoms with Crippen LogP contribution in [0.4, 0.5) is 5.69 Å². The van der Waals surface area contributed by atoms with Gasteiger partial charge >= 0.3 is 0 Å². The minimum atomic E-state index is -0.592. The number of ketones is 1. The number of aldehydes is 1. The van der Waals surface area contributed by atoms with Crippen molar-refractivity contribution >= 4 is 40.1 Å². The van der Waals surface area contributed by atoms with Crippen molar-refractivity contribution in [3.63, 3.8) is 0 Å². The van der Waals surface area contributed by atoms with E-state index in [4.69, 9.17) is 17.3 Å². The van der Waals surface area contributed by atoms with E-state index in [1.807, 2.05) is 6.07 Å². The summed E-state index contributed by atoms with van der Waals surface area (Å²) >= 11 is 5.88. The Morgan fingerprint density at radius 1 is 1.14 bits per heavy atom. The highest BCUT2D eigenvalue weighted by Gasteiger charge is 2.17. The van der Waals surface area contributed by atoms with Gasteiger partial charge in [0.1, 0.15) is 5.69 Å². The number of carbonyl (C=O) groups is 2. The number of hydrogen-bond acceptors (Lipinski definition) is 3. The monoisotopic (exact) mass is 298 g/mol. The number of carbonyl (C=O) groups excluding carboxylic acids is 2. The molecule has 0 aliphatic heterocycles. The summed E-state index contributed by atoms with van der Waals surface area (Å²) in [6, 6.07) is 12.3. The molecule has 0 aliphatic carbocycles. The highest BCUT2D eigenvalue weighted by atomic mass is 35.5. The average Bonchev–Trinajstić information content (AvgIpc) is 2.85. The molecule has 2 N–H and O–H groups in total. The summed E-state index contributed by atoms with van der Waals surface area (Å²) in [5.41, 5.74) is 7.36. The molecule has 0 bridgehead atoms. The second-order valence-electron chi connectivity index (χ2n) is 4.65. The fraction of sp³-hybridized carbons (Fsp3) is 0. The third-order valence-corrected chi connectivity index (χ3v) is 3.54. The van der Waals surface area contributed by atoms with Crippen LogP contribution in [0, 0.1) is 0 Å². The smallest absolute Gasteiger partial charge is 0.242 e. The summed E-state index contributed by atoms with van der Waals surface area (Å²) in [7, 11) is 0. The highest BCUT2D eigenvalue weighted by molar-refractivity contribution is 6.36. The molecule has 0 amide bonds. The number of nitrogens with zero attached hydrogens (tertiary/aromatic N) is 1. The van der Waals surface area contributed by atoms with Crippen molar-refractivity contribution in [1.29, 1.82) is 0 Å². The van der Waals surface area contributed by atoms with Crippen LogP contribution in [0.3, 0.4) is 0 Å². The Hall–Kier alpha value is -2.59. The zero-order valence-electron chi connectivity index (χ0n) is 10.9. The van der Waals surface area contributed by atoms with E-state index < -0.39 is 5.78 Å². The second-order valence-corrected chi connectivity index (χ2v) is 5.09. The largest absolute Gasteiger partial charge is 0.399 e. The van der Waals surface area contributed by atoms with Crippen LogP contribution in [0.25, 0.3) is 16.5 Å². The SMILES string of the molecule is Nc1ccc2cn(-c3ccc(Cl)cc3)c(C(=O)C=O)c2c1. The summed E-state index contributed by atoms with van der Waals surface area (Å²) in [4.78, 5) is 23.0. The van der Waals surface area contributed by atoms with Gasteiger partial charge in [0.2, 0.25) is 5.78 Å². The Morgan fingerprint density at radius 2 is 1.86 bits per heavy atom. The quantitative estimate of drug-likeness (QED) is 0.349. The lowest BCUT2D eigenvalue weighted by Crippen LogP contribution is -2.08. The van der Waals surface area contributed by atoms with Crippen LogP contribution in [-0.2, 0) is 4.79 Å². The molecule has 0 saturated heterocycles. The molecule has 0 saturated carbocycles. The third kappa shape index (κ3) is 2.30. The van der Waals surface area contributed by atoms with Crippen LogP contribution in [-0.4, -0.2) is 16.6 Å². The molecule has 0 spiro atoms. The summed E-state index contributed by atoms with van der Waals surface area (Å²) in [6.07, 6.45) is 2.11. The standard InChI is InChI=1S/C16H11ClN2O2/c17-11-2-5-13(6-3-11)19-8-10-1-4-12(18)7-14(10)16(19)15(21)9-20/h1-9H,18H2. The van der Waals surface area contributed by atoms with Crippen molar-refractivity contribution in [2.45, 2.75) is 0 Å². The molecule has 5 heteroatoms. The zero-order chi connectivity index (χ0) is 15.0. The van der Waals surface area contributed by atoms with Crippen LogP contribution in [0.5, 0.6) is 0 Å². The molecule has 3 rings (SSSR count). The van der Waals surface area contributed by atoms with E-state index in [2.05, 4.69) is 0 Å². The van der Waals surface area contributed by atoms with Crippen LogP contribution < -0.4 is 5.73 Å². The molecule has 1 heterocycles. The van der Waals surface area contributed by atoms with E-state index in [-0.39, 0.29) is 0 Å². The van der Waals surface area contributed by atoms with Crippen molar-refractivity contribution in [2.24, 2.45) is 0 Å². The molecule has 3 aromatic rings. The summed E-state index contributed by atoms with van der Waals surface area (Å²) in [6.45, 7) is 0. The Balaban J connectivity index is 2.33. The normalized spacial score (nSPS) is 10.7. The number of Topliss-reactive ketones (excluding diaryl/α,β-unsaturated/α-hetero) is 1. The number of benzene rings is 2. The first-order valence-corrected chi connectivity index (χ1v) is 6.64. The highest BCUT2D eigenvalue weighted by Crippen LogP contribution is 2.27. The molecule has 1 aromatic heterocycles. The molecular weight excluding hydrogens is 288 g/mol. The van der Waals surface area contributed by atoms with Gasteiger partial charge < -0.3 is 10.3 Å². The fourth-order valence-corrected chi connectivity index (χ4v) is 2.46. The van der Waals surface area contributed by atoms with Gasteiger partial charge in [0.25, 0.3) is 0 Å². The van der Waals surface area contributed by atoms with Crippen LogP contribution in [0.1, 0.15) is 10.5 Å². The first kappa shape index (κ1) is 13.4. The Bertz CT molecular complexity index is 851. The summed E-state index contributed by atoms with van der Waals surface area (Å²) in [5.74, 6) is -0.592. The van der Waals surface area contributed by atoms with Crippen LogP contribution in [0.15, 0.2) is 48.7 Å². The van der Waals surface area contributed by atoms with Crippen LogP contribution >= 0.6 is 11.6 Å². The van der Waals surface area contributed by atoms with E-state index in [1.165, 1.54) is 0 Å². The lowest BCUT2D eigenvalue weighted by Gasteiger charge is -2.07. The average molecular weight is 299 g/mol. The number of hydrogen-bond donors (Lipinski definition) is 1. The fourth-order valence-electron chi connectivity index (χ4n) is 2.34. The van der Waals surface area contributed by atoms with E-state index in [9.17, 15) is 9.59 Å². The topological polar surface area (TPSA) is 65.1 Å². The number of nitrogen functional groups attached to an aromatic ring is 1. The number of nitrogens with two attached hydrogens (primary N) is 1. The van der Waals surface area contributed by atoms with E-state index in [1.54, 1.807) is 47.2 Å². The number of rotatable bonds is 3. The molecule has 0 aliphatic rings. The molecule has 0 atom stereocenters. The molecule has 2 aromatic carbocycles. The number of anilines is 1. The maximum Gasteiger partial charge on any atom is 0.242 e. The van der Waals surface area contributed by atoms with Crippen molar-refractivity contribution in [3.8, 4) is 5.69 Å². The number of halogens is 1. The zero-order valence-corrected chi connectivity index (χ0v) is 11.7. The van der Waals surface area contributed by atoms with Gasteiger partial charge in [-0.2, -0.15) is 0 Å². The van der Waals surface area contributed by atoms with Gasteiger partial charge in [-0.05, 0) is 36.4 Å². The molecular formula is C16H11ClN2O2. The Morgan fingerprint density at radius 3 is 2.52 bits per heavy atom. The van der Waals surface area contributed by atoms with E-state index in [0.29, 0.717) is 28.1 Å². The molecule has 0 radical (unpaired) electrons. The maximum absolute atomic E-state index is 12.0. The second kappa shape index (κ2) is 5.07. The van der Waals surface area contributed by atoms with Gasteiger partial charge in [-0.1, -0.05) is 17.7 Å². The van der Waals surface area contributed by atoms with Gasteiger partial charge in [0, 0.05) is 33.4 Å². The Kier molecular flexibility index (Phi) is 3.23. The minimum Gasteiger partial charge on any atom is -0.399 e. The van der Waals surface area contributed by atoms with Gasteiger partial charge in [-0.3, -0.25) is 9.59 Å². The van der Waals surface area contributed by atoms with Gasteiger partial charge in [0.15, 0.2) is 6.29 Å². The first-order chi connectivity index (χ1) is 10.1. The summed E-state index contributed by atoms with van der Waals surface area (Å²) < 4.78 is 1.68. The lowest BCUT2D eigenvalue weighted by molar-refractivity contribution is -0.104. The van der Waals surface area contributed by atoms with E-state index in [0.717, 1.165) is 11.1 Å². The molecule has 0 unspecified atom stereocenters. The first-order valence-electron chi connectivity index (χ1n) is 6.26. The number of aromatic nitrogens is 1. The van der Waals surface area contributed by atoms with Crippen molar-refractivity contribution in [1.82, 2.24) is 4.57 Å². The van der Waals surface area contributed by atoms with Gasteiger partial charge in [0.05, 0.1) is 0 Å². The lowest BCUT2D eigenvalue weighted by atomic mass is 10.1. The molecule has 21 heavy (non-hydrogen) atoms. The summed E-state index contributed by atoms with van der Waals surface area (Å²) in [5, 5.41) is 2.09. The predicted molar refractivity (Wildman–Crippen MR) is 83.1 cm³/mol. The van der Waals surface area contributed by atoms with Gasteiger partial charge in [-0.15, -0.1) is 0 Å². The van der Waals surface area contributed by atoms with Crippen molar-refractivity contribution in [2.75, 3.05) is 5.73 Å². The Labute approximate surface area is 125 Å². The molecule has 104 valence electrons. The molecule has 4 nitrogen and oxygen atoms in total. The third-order valence-electron chi connectivity index (χ3n) is 3.29. The molecule has 0 fully saturated rings. The van der Waals surface area contributed by atoms with Crippen molar-refractivity contribution < 1.29 is 9.59 Å². The predicted octanol–water partition coefficient (Wildman–Crippen LogP) is 3.25. The van der Waals surface area contributed by atoms with E-state index >= 15 is 0 Å². The number of fused-ring (bicyclic) bond motifs is 1.